The molecule has 0 amide bonds. The van der Waals surface area contributed by atoms with Gasteiger partial charge in [-0.25, -0.2) is 4.39 Å². The average Bonchev–Trinajstić information content (AvgIpc) is 2.37. The number of benzene rings is 1. The van der Waals surface area contributed by atoms with Crippen molar-refractivity contribution in [3.63, 3.8) is 0 Å². The number of hydrogen-bond acceptors (Lipinski definition) is 2. The van der Waals surface area contributed by atoms with Crippen LogP contribution < -0.4 is 0 Å². The summed E-state index contributed by atoms with van der Waals surface area (Å²) in [6, 6.07) is 4.53. The van der Waals surface area contributed by atoms with E-state index in [1.54, 1.807) is 0 Å². The zero-order valence-corrected chi connectivity index (χ0v) is 9.58. The van der Waals surface area contributed by atoms with Crippen LogP contribution in [0.25, 0.3) is 11.1 Å². The molecule has 0 saturated heterocycles. The van der Waals surface area contributed by atoms with Crippen LogP contribution in [0.1, 0.15) is 11.1 Å². The van der Waals surface area contributed by atoms with Crippen molar-refractivity contribution in [1.82, 2.24) is 4.98 Å². The lowest BCUT2D eigenvalue weighted by atomic mass is 10.00. The predicted molar refractivity (Wildman–Crippen MR) is 60.6 cm³/mol. The molecule has 1 heterocycles. The number of aromatic nitrogens is 1. The molecule has 2 rings (SSSR count). The molecular weight excluding hydrogens is 262 g/mol. The van der Waals surface area contributed by atoms with Gasteiger partial charge in [-0.05, 0) is 23.3 Å². The highest BCUT2D eigenvalue weighted by molar-refractivity contribution is 5.64. The summed E-state index contributed by atoms with van der Waals surface area (Å²) in [4.78, 5) is 3.59. The van der Waals surface area contributed by atoms with Gasteiger partial charge in [0.2, 0.25) is 0 Å². The van der Waals surface area contributed by atoms with Crippen LogP contribution in [0, 0.1) is 5.82 Å². The van der Waals surface area contributed by atoms with Gasteiger partial charge in [0.1, 0.15) is 5.82 Å². The van der Waals surface area contributed by atoms with E-state index in [4.69, 9.17) is 5.11 Å². The van der Waals surface area contributed by atoms with Gasteiger partial charge in [-0.3, -0.25) is 4.98 Å². The quantitative estimate of drug-likeness (QED) is 0.849. The van der Waals surface area contributed by atoms with Crippen LogP contribution in [-0.2, 0) is 12.8 Å². The van der Waals surface area contributed by atoms with Crippen molar-refractivity contribution in [3.05, 3.63) is 53.6 Å². The molecule has 0 unspecified atom stereocenters. The van der Waals surface area contributed by atoms with Gasteiger partial charge in [0.15, 0.2) is 0 Å². The highest BCUT2D eigenvalue weighted by Gasteiger charge is 2.33. The molecule has 19 heavy (non-hydrogen) atoms. The minimum Gasteiger partial charge on any atom is -0.392 e. The Bertz CT molecular complexity index is 595. The second-order valence-electron chi connectivity index (χ2n) is 3.92. The number of nitrogens with zero attached hydrogens (tertiary/aromatic N) is 1. The summed E-state index contributed by atoms with van der Waals surface area (Å²) in [5, 5.41) is 8.91. The Labute approximate surface area is 106 Å². The molecule has 1 aromatic heterocycles. The van der Waals surface area contributed by atoms with Crippen molar-refractivity contribution in [2.24, 2.45) is 0 Å². The summed E-state index contributed by atoms with van der Waals surface area (Å²) in [6.45, 7) is -0.712. The third kappa shape index (κ3) is 2.90. The molecule has 0 aliphatic rings. The fraction of sp³-hybridized carbons (Fsp3) is 0.154. The van der Waals surface area contributed by atoms with E-state index in [9.17, 15) is 17.6 Å². The van der Waals surface area contributed by atoms with E-state index < -0.39 is 24.2 Å². The second kappa shape index (κ2) is 4.97. The summed E-state index contributed by atoms with van der Waals surface area (Å²) < 4.78 is 51.4. The molecule has 6 heteroatoms. The highest BCUT2D eigenvalue weighted by atomic mass is 19.4. The molecule has 0 spiro atoms. The molecule has 1 N–H and O–H groups in total. The summed E-state index contributed by atoms with van der Waals surface area (Å²) in [7, 11) is 0. The van der Waals surface area contributed by atoms with Crippen LogP contribution in [0.15, 0.2) is 36.7 Å². The largest absolute Gasteiger partial charge is 0.416 e. The maximum absolute atomic E-state index is 13.0. The van der Waals surface area contributed by atoms with Crippen LogP contribution in [0.4, 0.5) is 17.6 Å². The van der Waals surface area contributed by atoms with Gasteiger partial charge in [-0.1, -0.05) is 12.1 Å². The zero-order valence-electron chi connectivity index (χ0n) is 9.58. The first-order valence-electron chi connectivity index (χ1n) is 5.33. The van der Waals surface area contributed by atoms with E-state index in [1.807, 2.05) is 0 Å². The Morgan fingerprint density at radius 1 is 1.05 bits per heavy atom. The van der Waals surface area contributed by atoms with Crippen LogP contribution in [0.5, 0.6) is 0 Å². The van der Waals surface area contributed by atoms with Crippen molar-refractivity contribution >= 4 is 0 Å². The lowest BCUT2D eigenvalue weighted by Gasteiger charge is -2.13. The van der Waals surface area contributed by atoms with Crippen molar-refractivity contribution in [3.8, 4) is 11.1 Å². The lowest BCUT2D eigenvalue weighted by Crippen LogP contribution is -2.09. The van der Waals surface area contributed by atoms with Gasteiger partial charge in [-0.15, -0.1) is 0 Å². The smallest absolute Gasteiger partial charge is 0.392 e. The first-order valence-corrected chi connectivity index (χ1v) is 5.33. The number of aliphatic hydroxyl groups is 1. The van der Waals surface area contributed by atoms with Crippen molar-refractivity contribution < 1.29 is 22.7 Å². The Morgan fingerprint density at radius 2 is 1.79 bits per heavy atom. The van der Waals surface area contributed by atoms with Crippen molar-refractivity contribution in [2.75, 3.05) is 0 Å². The zero-order chi connectivity index (χ0) is 14.0. The van der Waals surface area contributed by atoms with Gasteiger partial charge in [0, 0.05) is 11.8 Å². The molecule has 0 aliphatic heterocycles. The standard InChI is InChI=1S/C13H9F4NO/c14-11-3-10(5-18-6-11)8-1-2-9(7-19)12(4-8)13(15,16)17/h1-6,19H,7H2. The summed E-state index contributed by atoms with van der Waals surface area (Å²) in [5.41, 5.74) is -0.719. The molecule has 1 aromatic carbocycles. The van der Waals surface area contributed by atoms with Gasteiger partial charge < -0.3 is 5.11 Å². The number of pyridine rings is 1. The molecule has 0 atom stereocenters. The van der Waals surface area contributed by atoms with Gasteiger partial charge in [0.05, 0.1) is 18.4 Å². The molecule has 0 aliphatic carbocycles. The molecular formula is C13H9F4NO. The Balaban J connectivity index is 2.55. The number of rotatable bonds is 2. The second-order valence-corrected chi connectivity index (χ2v) is 3.92. The van der Waals surface area contributed by atoms with Crippen molar-refractivity contribution in [2.45, 2.75) is 12.8 Å². The minimum atomic E-state index is -4.57. The Hall–Kier alpha value is -1.95. The summed E-state index contributed by atoms with van der Waals surface area (Å²) >= 11 is 0. The summed E-state index contributed by atoms with van der Waals surface area (Å²) in [6.07, 6.45) is -2.33. The number of alkyl halides is 3. The Kier molecular flexibility index (Phi) is 3.53. The fourth-order valence-electron chi connectivity index (χ4n) is 1.73. The molecule has 2 aromatic rings. The van der Waals surface area contributed by atoms with Gasteiger partial charge in [-0.2, -0.15) is 13.2 Å². The first kappa shape index (κ1) is 13.5. The number of hydrogen-bond donors (Lipinski definition) is 1. The van der Waals surface area contributed by atoms with Gasteiger partial charge >= 0.3 is 6.18 Å². The lowest BCUT2D eigenvalue weighted by molar-refractivity contribution is -0.138. The van der Waals surface area contributed by atoms with Crippen LogP contribution in [0.3, 0.4) is 0 Å². The van der Waals surface area contributed by atoms with Gasteiger partial charge in [0.25, 0.3) is 0 Å². The number of halogens is 4. The highest BCUT2D eigenvalue weighted by Crippen LogP contribution is 2.35. The average molecular weight is 271 g/mol. The van der Waals surface area contributed by atoms with E-state index in [0.717, 1.165) is 18.3 Å². The van der Waals surface area contributed by atoms with Crippen LogP contribution in [0.2, 0.25) is 0 Å². The van der Waals surface area contributed by atoms with E-state index >= 15 is 0 Å². The van der Waals surface area contributed by atoms with Crippen LogP contribution in [-0.4, -0.2) is 10.1 Å². The van der Waals surface area contributed by atoms with E-state index in [-0.39, 0.29) is 16.7 Å². The predicted octanol–water partition coefficient (Wildman–Crippen LogP) is 3.40. The monoisotopic (exact) mass is 271 g/mol. The normalized spacial score (nSPS) is 11.6. The minimum absolute atomic E-state index is 0.191. The molecule has 2 nitrogen and oxygen atoms in total. The van der Waals surface area contributed by atoms with E-state index in [1.165, 1.54) is 18.3 Å². The number of aliphatic hydroxyl groups excluding tert-OH is 1. The van der Waals surface area contributed by atoms with E-state index in [2.05, 4.69) is 4.98 Å². The maximum atomic E-state index is 13.0. The summed E-state index contributed by atoms with van der Waals surface area (Å²) in [5.74, 6) is -0.628. The molecule has 0 fully saturated rings. The third-order valence-electron chi connectivity index (χ3n) is 2.62. The third-order valence-corrected chi connectivity index (χ3v) is 2.62. The molecule has 0 bridgehead atoms. The molecule has 0 saturated carbocycles. The van der Waals surface area contributed by atoms with E-state index in [0.29, 0.717) is 0 Å². The molecule has 0 radical (unpaired) electrons. The topological polar surface area (TPSA) is 33.1 Å². The maximum Gasteiger partial charge on any atom is 0.416 e. The molecule has 100 valence electrons. The van der Waals surface area contributed by atoms with Crippen molar-refractivity contribution in [1.29, 1.82) is 0 Å². The fourth-order valence-corrected chi connectivity index (χ4v) is 1.73. The first-order chi connectivity index (χ1) is 8.91. The SMILES string of the molecule is OCc1ccc(-c2cncc(F)c2)cc1C(F)(F)F. The Morgan fingerprint density at radius 3 is 2.37 bits per heavy atom. The van der Waals surface area contributed by atoms with Crippen LogP contribution >= 0.6 is 0 Å².